The topological polar surface area (TPSA) is 42.2 Å². The van der Waals surface area contributed by atoms with Gasteiger partial charge in [-0.25, -0.2) is 4.39 Å². The quantitative estimate of drug-likeness (QED) is 0.697. The minimum atomic E-state index is -0.741. The Balaban J connectivity index is 2.06. The van der Waals surface area contributed by atoms with Gasteiger partial charge in [0.1, 0.15) is 6.17 Å². The lowest BCUT2D eigenvalue weighted by Gasteiger charge is -2.32. The average molecular weight is 185 g/mol. The zero-order chi connectivity index (χ0) is 9.42. The van der Waals surface area contributed by atoms with Crippen molar-refractivity contribution in [1.29, 1.82) is 0 Å². The third kappa shape index (κ3) is 1.50. The zero-order valence-corrected chi connectivity index (χ0v) is 7.70. The molecule has 0 amide bonds. The van der Waals surface area contributed by atoms with E-state index in [0.717, 1.165) is 0 Å². The number of nitrogens with zero attached hydrogens (tertiary/aromatic N) is 3. The number of rotatable bonds is 2. The van der Waals surface area contributed by atoms with Crippen LogP contribution in [0.3, 0.4) is 0 Å². The number of hydrogen-bond acceptors (Lipinski definition) is 4. The summed E-state index contributed by atoms with van der Waals surface area (Å²) in [6.45, 7) is 4.70. The van der Waals surface area contributed by atoms with Crippen LogP contribution in [-0.4, -0.2) is 29.5 Å². The van der Waals surface area contributed by atoms with Crippen molar-refractivity contribution in [2.45, 2.75) is 25.9 Å². The van der Waals surface area contributed by atoms with Gasteiger partial charge in [0.15, 0.2) is 0 Å². The lowest BCUT2D eigenvalue weighted by Crippen LogP contribution is -2.48. The van der Waals surface area contributed by atoms with E-state index in [1.807, 2.05) is 13.8 Å². The van der Waals surface area contributed by atoms with Gasteiger partial charge in [-0.3, -0.25) is 0 Å². The van der Waals surface area contributed by atoms with E-state index in [2.05, 4.69) is 10.2 Å². The standard InChI is InChI=1S/C8H12FN3O/c1-5(2)7-10-11-8(13-7)12-3-6(9)4-12/h5-6H,3-4H2,1-2H3. The van der Waals surface area contributed by atoms with Crippen molar-refractivity contribution in [3.63, 3.8) is 0 Å². The first kappa shape index (κ1) is 8.47. The minimum absolute atomic E-state index is 0.226. The molecule has 5 heteroatoms. The first-order valence-corrected chi connectivity index (χ1v) is 4.39. The molecule has 0 bridgehead atoms. The van der Waals surface area contributed by atoms with Crippen molar-refractivity contribution >= 4 is 6.01 Å². The van der Waals surface area contributed by atoms with Crippen LogP contribution in [-0.2, 0) is 0 Å². The molecule has 0 aromatic carbocycles. The average Bonchev–Trinajstić information content (AvgIpc) is 2.46. The maximum absolute atomic E-state index is 12.5. The predicted molar refractivity (Wildman–Crippen MR) is 45.5 cm³/mol. The summed E-state index contributed by atoms with van der Waals surface area (Å²) >= 11 is 0. The molecule has 1 fully saturated rings. The summed E-state index contributed by atoms with van der Waals surface area (Å²) in [7, 11) is 0. The molecule has 2 rings (SSSR count). The first-order chi connectivity index (χ1) is 6.16. The lowest BCUT2D eigenvalue weighted by molar-refractivity contribution is 0.261. The molecule has 1 aliphatic rings. The molecule has 1 saturated heterocycles. The van der Waals surface area contributed by atoms with Crippen molar-refractivity contribution in [2.75, 3.05) is 18.0 Å². The second kappa shape index (κ2) is 2.97. The lowest BCUT2D eigenvalue weighted by atomic mass is 10.2. The highest BCUT2D eigenvalue weighted by molar-refractivity contribution is 5.30. The highest BCUT2D eigenvalue weighted by Crippen LogP contribution is 2.23. The number of anilines is 1. The van der Waals surface area contributed by atoms with Gasteiger partial charge in [-0.05, 0) is 0 Å². The smallest absolute Gasteiger partial charge is 0.318 e. The molecule has 0 atom stereocenters. The number of halogens is 1. The first-order valence-electron chi connectivity index (χ1n) is 4.39. The summed E-state index contributed by atoms with van der Waals surface area (Å²) in [4.78, 5) is 1.74. The Bertz CT molecular complexity index is 293. The second-order valence-corrected chi connectivity index (χ2v) is 3.58. The molecule has 0 saturated carbocycles. The van der Waals surface area contributed by atoms with E-state index in [1.165, 1.54) is 0 Å². The summed E-state index contributed by atoms with van der Waals surface area (Å²) in [5.41, 5.74) is 0. The highest BCUT2D eigenvalue weighted by atomic mass is 19.1. The molecule has 0 unspecified atom stereocenters. The van der Waals surface area contributed by atoms with E-state index >= 15 is 0 Å². The van der Waals surface area contributed by atoms with Crippen molar-refractivity contribution < 1.29 is 8.81 Å². The van der Waals surface area contributed by atoms with E-state index in [-0.39, 0.29) is 5.92 Å². The Morgan fingerprint density at radius 1 is 1.46 bits per heavy atom. The Hall–Kier alpha value is -1.13. The van der Waals surface area contributed by atoms with Crippen LogP contribution in [0.2, 0.25) is 0 Å². The highest BCUT2D eigenvalue weighted by Gasteiger charge is 2.30. The Morgan fingerprint density at radius 2 is 2.15 bits per heavy atom. The van der Waals surface area contributed by atoms with Gasteiger partial charge in [0.25, 0.3) is 0 Å². The number of aromatic nitrogens is 2. The molecule has 0 aliphatic carbocycles. The van der Waals surface area contributed by atoms with Crippen LogP contribution < -0.4 is 4.90 Å². The monoisotopic (exact) mass is 185 g/mol. The second-order valence-electron chi connectivity index (χ2n) is 3.58. The van der Waals surface area contributed by atoms with Crippen LogP contribution in [0.4, 0.5) is 10.4 Å². The largest absolute Gasteiger partial charge is 0.408 e. The summed E-state index contributed by atoms with van der Waals surface area (Å²) in [5.74, 6) is 0.834. The molecular weight excluding hydrogens is 173 g/mol. The van der Waals surface area contributed by atoms with Gasteiger partial charge in [0, 0.05) is 5.92 Å². The van der Waals surface area contributed by atoms with Crippen molar-refractivity contribution in [3.8, 4) is 0 Å². The third-order valence-corrected chi connectivity index (χ3v) is 2.03. The number of hydrogen-bond donors (Lipinski definition) is 0. The van der Waals surface area contributed by atoms with Crippen LogP contribution in [0.5, 0.6) is 0 Å². The molecule has 72 valence electrons. The maximum atomic E-state index is 12.5. The molecule has 1 aromatic heterocycles. The molecule has 0 radical (unpaired) electrons. The SMILES string of the molecule is CC(C)c1nnc(N2CC(F)C2)o1. The van der Waals surface area contributed by atoms with Gasteiger partial charge in [0.2, 0.25) is 5.89 Å². The fraction of sp³-hybridized carbons (Fsp3) is 0.750. The van der Waals surface area contributed by atoms with E-state index in [0.29, 0.717) is 25.0 Å². The van der Waals surface area contributed by atoms with Gasteiger partial charge < -0.3 is 9.32 Å². The van der Waals surface area contributed by atoms with Gasteiger partial charge in [0.05, 0.1) is 13.1 Å². The number of alkyl halides is 1. The Morgan fingerprint density at radius 3 is 2.62 bits per heavy atom. The van der Waals surface area contributed by atoms with Crippen LogP contribution >= 0.6 is 0 Å². The molecule has 4 nitrogen and oxygen atoms in total. The summed E-state index contributed by atoms with van der Waals surface area (Å²) in [6.07, 6.45) is -0.741. The van der Waals surface area contributed by atoms with Gasteiger partial charge in [-0.15, -0.1) is 5.10 Å². The Labute approximate surface area is 75.7 Å². The molecule has 2 heterocycles. The normalized spacial score (nSPS) is 18.0. The fourth-order valence-corrected chi connectivity index (χ4v) is 1.17. The van der Waals surface area contributed by atoms with E-state index in [4.69, 9.17) is 4.42 Å². The minimum Gasteiger partial charge on any atom is -0.408 e. The summed E-state index contributed by atoms with van der Waals surface area (Å²) in [6, 6.07) is 0.442. The molecule has 1 aliphatic heterocycles. The van der Waals surface area contributed by atoms with E-state index in [9.17, 15) is 4.39 Å². The fourth-order valence-electron chi connectivity index (χ4n) is 1.17. The van der Waals surface area contributed by atoms with Crippen LogP contribution in [0.25, 0.3) is 0 Å². The molecule has 0 N–H and O–H groups in total. The van der Waals surface area contributed by atoms with Gasteiger partial charge in [-0.2, -0.15) is 0 Å². The van der Waals surface area contributed by atoms with Crippen molar-refractivity contribution in [1.82, 2.24) is 10.2 Å². The molecule has 13 heavy (non-hydrogen) atoms. The van der Waals surface area contributed by atoms with E-state index in [1.54, 1.807) is 4.90 Å². The maximum Gasteiger partial charge on any atom is 0.318 e. The van der Waals surface area contributed by atoms with Crippen molar-refractivity contribution in [3.05, 3.63) is 5.89 Å². The third-order valence-electron chi connectivity index (χ3n) is 2.03. The predicted octanol–water partition coefficient (Wildman–Crippen LogP) is 1.35. The van der Waals surface area contributed by atoms with Crippen LogP contribution in [0.15, 0.2) is 4.42 Å². The summed E-state index contributed by atoms with van der Waals surface area (Å²) < 4.78 is 17.8. The molecule has 0 spiro atoms. The zero-order valence-electron chi connectivity index (χ0n) is 7.70. The molecular formula is C8H12FN3O. The van der Waals surface area contributed by atoms with Gasteiger partial charge in [-0.1, -0.05) is 18.9 Å². The van der Waals surface area contributed by atoms with Crippen molar-refractivity contribution in [2.24, 2.45) is 0 Å². The summed E-state index contributed by atoms with van der Waals surface area (Å²) in [5, 5.41) is 7.70. The Kier molecular flexibility index (Phi) is 1.94. The van der Waals surface area contributed by atoms with Gasteiger partial charge >= 0.3 is 6.01 Å². The molecule has 1 aromatic rings. The van der Waals surface area contributed by atoms with Crippen LogP contribution in [0.1, 0.15) is 25.7 Å². The van der Waals surface area contributed by atoms with E-state index < -0.39 is 6.17 Å². The van der Waals surface area contributed by atoms with Crippen LogP contribution in [0, 0.1) is 0 Å².